The largest absolute Gasteiger partial charge is 0.585 e. The maximum Gasteiger partial charge on any atom is 0.585 e. The summed E-state index contributed by atoms with van der Waals surface area (Å²) in [6.45, 7) is 6.84. The van der Waals surface area contributed by atoms with Crippen molar-refractivity contribution in [2.75, 3.05) is 0 Å². The third-order valence-corrected chi connectivity index (χ3v) is 1.49. The molecule has 1 rings (SSSR count). The predicted molar refractivity (Wildman–Crippen MR) is 39.3 cm³/mol. The summed E-state index contributed by atoms with van der Waals surface area (Å²) in [5, 5.41) is 0. The number of halogens is 2. The van der Waals surface area contributed by atoms with E-state index in [0.717, 1.165) is 0 Å². The first-order valence-corrected chi connectivity index (χ1v) is 3.69. The minimum atomic E-state index is -3.48. The third-order valence-electron chi connectivity index (χ3n) is 1.49. The van der Waals surface area contributed by atoms with Crippen molar-refractivity contribution in [1.82, 2.24) is 0 Å². The van der Waals surface area contributed by atoms with E-state index < -0.39 is 11.7 Å². The minimum absolute atomic E-state index is 0.160. The molecule has 0 fully saturated rings. The van der Waals surface area contributed by atoms with Crippen molar-refractivity contribution in [2.45, 2.75) is 34.0 Å². The number of ether oxygens (including phenoxy) is 2. The molecule has 0 bridgehead atoms. The van der Waals surface area contributed by atoms with Crippen molar-refractivity contribution >= 4 is 0 Å². The molecule has 1 aliphatic heterocycles. The Hall–Kier alpha value is -0.800. The van der Waals surface area contributed by atoms with Crippen LogP contribution in [0.2, 0.25) is 0 Å². The van der Waals surface area contributed by atoms with Gasteiger partial charge in [0.15, 0.2) is 5.76 Å². The van der Waals surface area contributed by atoms with Crippen LogP contribution >= 0.6 is 0 Å². The lowest BCUT2D eigenvalue weighted by molar-refractivity contribution is -0.340. The second-order valence-electron chi connectivity index (χ2n) is 3.80. The molecule has 0 saturated heterocycles. The summed E-state index contributed by atoms with van der Waals surface area (Å²) >= 11 is 0. The monoisotopic (exact) mass is 178 g/mol. The Morgan fingerprint density at radius 1 is 1.17 bits per heavy atom. The van der Waals surface area contributed by atoms with Gasteiger partial charge >= 0.3 is 6.29 Å². The van der Waals surface area contributed by atoms with Crippen LogP contribution in [0, 0.1) is 5.41 Å². The van der Waals surface area contributed by atoms with Crippen LogP contribution in [0.15, 0.2) is 11.5 Å². The van der Waals surface area contributed by atoms with E-state index in [1.807, 2.05) is 0 Å². The fourth-order valence-electron chi connectivity index (χ4n) is 1.12. The topological polar surface area (TPSA) is 18.5 Å². The number of hydrogen-bond donors (Lipinski definition) is 0. The van der Waals surface area contributed by atoms with E-state index in [-0.39, 0.29) is 11.5 Å². The lowest BCUT2D eigenvalue weighted by atomic mass is 9.93. The molecule has 70 valence electrons. The lowest BCUT2D eigenvalue weighted by Crippen LogP contribution is -2.19. The van der Waals surface area contributed by atoms with Crippen molar-refractivity contribution in [3.63, 3.8) is 0 Å². The summed E-state index contributed by atoms with van der Waals surface area (Å²) in [6.07, 6.45) is -3.48. The first-order valence-electron chi connectivity index (χ1n) is 3.69. The van der Waals surface area contributed by atoms with E-state index in [1.165, 1.54) is 6.92 Å². The zero-order chi connectivity index (χ0) is 9.57. The first-order chi connectivity index (χ1) is 5.22. The van der Waals surface area contributed by atoms with Crippen molar-refractivity contribution < 1.29 is 18.3 Å². The first kappa shape index (κ1) is 9.29. The van der Waals surface area contributed by atoms with E-state index in [0.29, 0.717) is 0 Å². The molecule has 0 aromatic heterocycles. The van der Waals surface area contributed by atoms with Crippen LogP contribution in [-0.4, -0.2) is 6.29 Å². The summed E-state index contributed by atoms with van der Waals surface area (Å²) in [4.78, 5) is 0. The molecular weight excluding hydrogens is 166 g/mol. The highest BCUT2D eigenvalue weighted by Crippen LogP contribution is 2.41. The Bertz CT molecular complexity index is 226. The summed E-state index contributed by atoms with van der Waals surface area (Å²) < 4.78 is 33.5. The van der Waals surface area contributed by atoms with Crippen molar-refractivity contribution in [3.8, 4) is 0 Å². The fourth-order valence-corrected chi connectivity index (χ4v) is 1.12. The molecule has 0 aromatic carbocycles. The Morgan fingerprint density at radius 3 is 1.83 bits per heavy atom. The molecule has 0 aromatic rings. The van der Waals surface area contributed by atoms with Gasteiger partial charge in [-0.15, -0.1) is 8.78 Å². The summed E-state index contributed by atoms with van der Waals surface area (Å²) in [6, 6.07) is 0. The van der Waals surface area contributed by atoms with Gasteiger partial charge in [-0.3, -0.25) is 0 Å². The van der Waals surface area contributed by atoms with Gasteiger partial charge < -0.3 is 9.47 Å². The number of alkyl halides is 2. The van der Waals surface area contributed by atoms with Crippen molar-refractivity contribution in [2.24, 2.45) is 5.41 Å². The molecule has 4 heteroatoms. The van der Waals surface area contributed by atoms with E-state index in [2.05, 4.69) is 9.47 Å². The SMILES string of the molecule is CC1=C(C(C)(C)C)OC(F)(F)O1. The highest BCUT2D eigenvalue weighted by Gasteiger charge is 2.46. The van der Waals surface area contributed by atoms with Crippen LogP contribution < -0.4 is 0 Å². The number of allylic oxidation sites excluding steroid dienone is 2. The predicted octanol–water partition coefficient (Wildman–Crippen LogP) is 2.86. The maximum absolute atomic E-state index is 12.5. The lowest BCUT2D eigenvalue weighted by Gasteiger charge is -2.19. The van der Waals surface area contributed by atoms with Crippen LogP contribution in [0.25, 0.3) is 0 Å². The molecule has 0 saturated carbocycles. The highest BCUT2D eigenvalue weighted by molar-refractivity contribution is 5.10. The summed E-state index contributed by atoms with van der Waals surface area (Å²) in [7, 11) is 0. The van der Waals surface area contributed by atoms with E-state index in [9.17, 15) is 8.78 Å². The van der Waals surface area contributed by atoms with Crippen LogP contribution in [0.3, 0.4) is 0 Å². The summed E-state index contributed by atoms with van der Waals surface area (Å²) in [5.41, 5.74) is -0.440. The molecule has 0 spiro atoms. The van der Waals surface area contributed by atoms with Gasteiger partial charge in [-0.25, -0.2) is 0 Å². The Labute approximate surface area is 70.2 Å². The zero-order valence-corrected chi connectivity index (χ0v) is 7.57. The molecule has 1 heterocycles. The maximum atomic E-state index is 12.5. The average molecular weight is 178 g/mol. The molecule has 0 radical (unpaired) electrons. The molecule has 2 nitrogen and oxygen atoms in total. The molecule has 12 heavy (non-hydrogen) atoms. The third kappa shape index (κ3) is 1.68. The van der Waals surface area contributed by atoms with Gasteiger partial charge in [0.25, 0.3) is 0 Å². The van der Waals surface area contributed by atoms with Gasteiger partial charge in [0.1, 0.15) is 5.76 Å². The number of rotatable bonds is 0. The van der Waals surface area contributed by atoms with Crippen LogP contribution in [0.5, 0.6) is 0 Å². The molecule has 0 amide bonds. The van der Waals surface area contributed by atoms with E-state index in [1.54, 1.807) is 20.8 Å². The molecule has 1 aliphatic rings. The van der Waals surface area contributed by atoms with Crippen molar-refractivity contribution in [1.29, 1.82) is 0 Å². The highest BCUT2D eigenvalue weighted by atomic mass is 19.3. The Kier molecular flexibility index (Phi) is 1.81. The molecule has 0 unspecified atom stereocenters. The zero-order valence-electron chi connectivity index (χ0n) is 7.57. The fraction of sp³-hybridized carbons (Fsp3) is 0.750. The van der Waals surface area contributed by atoms with E-state index in [4.69, 9.17) is 0 Å². The summed E-state index contributed by atoms with van der Waals surface area (Å²) in [5.74, 6) is 0.375. The van der Waals surface area contributed by atoms with Gasteiger partial charge in [-0.05, 0) is 6.92 Å². The van der Waals surface area contributed by atoms with Crippen LogP contribution in [0.4, 0.5) is 8.78 Å². The van der Waals surface area contributed by atoms with Gasteiger partial charge in [0.05, 0.1) is 0 Å². The van der Waals surface area contributed by atoms with E-state index >= 15 is 0 Å². The van der Waals surface area contributed by atoms with Gasteiger partial charge in [-0.1, -0.05) is 20.8 Å². The Balaban J connectivity index is 2.88. The Morgan fingerprint density at radius 2 is 1.67 bits per heavy atom. The smallest absolute Gasteiger partial charge is 0.401 e. The quantitative estimate of drug-likeness (QED) is 0.567. The number of hydrogen-bond acceptors (Lipinski definition) is 2. The molecule has 0 N–H and O–H groups in total. The second-order valence-corrected chi connectivity index (χ2v) is 3.80. The van der Waals surface area contributed by atoms with Gasteiger partial charge in [-0.2, -0.15) is 0 Å². The van der Waals surface area contributed by atoms with Crippen molar-refractivity contribution in [3.05, 3.63) is 11.5 Å². The second kappa shape index (κ2) is 2.34. The van der Waals surface area contributed by atoms with Gasteiger partial charge in [0.2, 0.25) is 0 Å². The molecule has 0 aliphatic carbocycles. The molecular formula is C8H12F2O2. The average Bonchev–Trinajstić information content (AvgIpc) is 2.03. The van der Waals surface area contributed by atoms with Gasteiger partial charge in [0, 0.05) is 5.41 Å². The minimum Gasteiger partial charge on any atom is -0.401 e. The van der Waals surface area contributed by atoms with Crippen LogP contribution in [0.1, 0.15) is 27.7 Å². The standard InChI is InChI=1S/C8H12F2O2/c1-5-6(7(2,3)4)12-8(9,10)11-5/h1-4H3. The van der Waals surface area contributed by atoms with Crippen LogP contribution in [-0.2, 0) is 9.47 Å². The normalized spacial score (nSPS) is 22.2. The molecule has 0 atom stereocenters.